The molecular formula is C10H14N5O8P. The minimum atomic E-state index is -4.77. The molecule has 13 nitrogen and oxygen atoms in total. The van der Waals surface area contributed by atoms with Crippen molar-refractivity contribution < 1.29 is 38.6 Å². The molecule has 24 heavy (non-hydrogen) atoms. The van der Waals surface area contributed by atoms with E-state index in [9.17, 15) is 19.6 Å². The van der Waals surface area contributed by atoms with Crippen LogP contribution >= 0.6 is 7.82 Å². The van der Waals surface area contributed by atoms with Crippen molar-refractivity contribution in [2.24, 2.45) is 9.98 Å². The highest BCUT2D eigenvalue weighted by Crippen LogP contribution is 2.37. The van der Waals surface area contributed by atoms with E-state index in [2.05, 4.69) is 19.8 Å². The van der Waals surface area contributed by atoms with Crippen LogP contribution in [0.5, 0.6) is 0 Å². The Bertz CT molecular complexity index is 676. The third kappa shape index (κ3) is 3.10. The van der Waals surface area contributed by atoms with E-state index in [0.29, 0.717) is 0 Å². The average molecular weight is 363 g/mol. The Balaban J connectivity index is 1.76. The molecule has 0 aliphatic carbocycles. The first-order valence-corrected chi connectivity index (χ1v) is 8.22. The maximum Gasteiger partial charge on any atom is 0.469 e. The van der Waals surface area contributed by atoms with Gasteiger partial charge in [0.2, 0.25) is 5.96 Å². The van der Waals surface area contributed by atoms with Crippen molar-refractivity contribution in [3.05, 3.63) is 0 Å². The second-order valence-corrected chi connectivity index (χ2v) is 6.45. The maximum absolute atomic E-state index is 11.7. The molecule has 1 saturated heterocycles. The zero-order chi connectivity index (χ0) is 17.6. The predicted octanol–water partition coefficient (Wildman–Crippen LogP) is -3.28. The summed E-state index contributed by atoms with van der Waals surface area (Å²) in [5.74, 6) is -0.939. The van der Waals surface area contributed by atoms with Crippen molar-refractivity contribution in [1.82, 2.24) is 10.2 Å². The van der Waals surface area contributed by atoms with Crippen LogP contribution in [-0.4, -0.2) is 86.1 Å². The SMILES string of the molecule is N=C1N=C2C(N=CN2[C@H]2O[C@@H](COP(=O)(O)O)[C@H](O)[C@@H]2O)C(=O)N1. The van der Waals surface area contributed by atoms with Crippen LogP contribution in [0.4, 0.5) is 0 Å². The number of guanidine groups is 1. The number of phosphoric acid groups is 1. The van der Waals surface area contributed by atoms with Gasteiger partial charge in [-0.05, 0) is 0 Å². The number of aliphatic imine (C=N–C) groups is 2. The predicted molar refractivity (Wildman–Crippen MR) is 76.1 cm³/mol. The number of aliphatic hydroxyl groups is 2. The number of amides is 1. The van der Waals surface area contributed by atoms with Gasteiger partial charge in [0, 0.05) is 0 Å². The zero-order valence-electron chi connectivity index (χ0n) is 11.9. The quantitative estimate of drug-likeness (QED) is 0.277. The van der Waals surface area contributed by atoms with E-state index in [1.54, 1.807) is 0 Å². The summed E-state index contributed by atoms with van der Waals surface area (Å²) >= 11 is 0. The highest BCUT2D eigenvalue weighted by molar-refractivity contribution is 7.46. The third-order valence-electron chi connectivity index (χ3n) is 3.58. The van der Waals surface area contributed by atoms with Gasteiger partial charge in [0.25, 0.3) is 5.91 Å². The maximum atomic E-state index is 11.7. The van der Waals surface area contributed by atoms with E-state index >= 15 is 0 Å². The summed E-state index contributed by atoms with van der Waals surface area (Å²) in [7, 11) is -4.77. The van der Waals surface area contributed by atoms with Gasteiger partial charge in [0.05, 0.1) is 12.9 Å². The third-order valence-corrected chi connectivity index (χ3v) is 4.07. The fourth-order valence-corrected chi connectivity index (χ4v) is 2.84. The van der Waals surface area contributed by atoms with Gasteiger partial charge in [-0.15, -0.1) is 0 Å². The molecular weight excluding hydrogens is 349 g/mol. The Morgan fingerprint density at radius 2 is 2.12 bits per heavy atom. The van der Waals surface area contributed by atoms with E-state index in [4.69, 9.17) is 19.9 Å². The van der Waals surface area contributed by atoms with Gasteiger partial charge >= 0.3 is 7.82 Å². The van der Waals surface area contributed by atoms with Crippen LogP contribution in [-0.2, 0) is 18.6 Å². The molecule has 1 amide bonds. The topological polar surface area (TPSA) is 197 Å². The van der Waals surface area contributed by atoms with Gasteiger partial charge in [-0.2, -0.15) is 4.99 Å². The number of phosphoric ester groups is 1. The molecule has 0 aromatic carbocycles. The minimum absolute atomic E-state index is 0.0385. The molecule has 5 atom stereocenters. The smallest absolute Gasteiger partial charge is 0.387 e. The highest BCUT2D eigenvalue weighted by Gasteiger charge is 2.50. The summed E-state index contributed by atoms with van der Waals surface area (Å²) in [6.45, 7) is -0.657. The molecule has 3 aliphatic heterocycles. The summed E-state index contributed by atoms with van der Waals surface area (Å²) < 4.78 is 20.4. The van der Waals surface area contributed by atoms with E-state index in [1.165, 1.54) is 11.2 Å². The first kappa shape index (κ1) is 17.1. The number of rotatable bonds is 4. The average Bonchev–Trinajstić information content (AvgIpc) is 3.00. The van der Waals surface area contributed by atoms with Gasteiger partial charge in [-0.25, -0.2) is 4.57 Å². The number of nitrogens with one attached hydrogen (secondary N) is 2. The second kappa shape index (κ2) is 5.97. The first-order valence-electron chi connectivity index (χ1n) is 6.68. The van der Waals surface area contributed by atoms with E-state index in [-0.39, 0.29) is 5.84 Å². The Morgan fingerprint density at radius 1 is 1.42 bits per heavy atom. The van der Waals surface area contributed by atoms with Crippen molar-refractivity contribution in [3.8, 4) is 0 Å². The van der Waals surface area contributed by atoms with Gasteiger partial charge in [-0.3, -0.25) is 29.9 Å². The molecule has 3 aliphatic rings. The number of aliphatic hydroxyl groups excluding tert-OH is 2. The molecule has 1 fully saturated rings. The highest BCUT2D eigenvalue weighted by atomic mass is 31.2. The standard InChI is InChI=1S/C10H14N5O8P/c11-10-13-7-4(8(18)14-10)12-2-15(7)9-6(17)5(16)3(23-9)1-22-24(19,20)21/h2-6,9,16-17H,1H2,(H2,11,14,18)(H2,19,20,21)/t3-,4?,5-,6-,9-/m0/s1. The monoisotopic (exact) mass is 363 g/mol. The van der Waals surface area contributed by atoms with Crippen LogP contribution in [0.3, 0.4) is 0 Å². The zero-order valence-corrected chi connectivity index (χ0v) is 12.8. The Hall–Kier alpha value is -1.73. The molecule has 0 spiro atoms. The van der Waals surface area contributed by atoms with Crippen molar-refractivity contribution in [2.45, 2.75) is 30.6 Å². The normalized spacial score (nSPS) is 35.9. The Kier molecular flexibility index (Phi) is 4.25. The van der Waals surface area contributed by atoms with Gasteiger partial charge in [0.15, 0.2) is 18.1 Å². The number of fused-ring (bicyclic) bond motifs is 1. The van der Waals surface area contributed by atoms with Crippen LogP contribution in [0.1, 0.15) is 0 Å². The van der Waals surface area contributed by atoms with E-state index < -0.39 is 56.9 Å². The molecule has 0 radical (unpaired) electrons. The number of hydrogen-bond acceptors (Lipinski definition) is 9. The molecule has 0 aromatic heterocycles. The number of carbonyl (C=O) groups excluding carboxylic acids is 1. The summed E-state index contributed by atoms with van der Waals surface area (Å²) in [6, 6.07) is -1.00. The molecule has 14 heteroatoms. The largest absolute Gasteiger partial charge is 0.469 e. The lowest BCUT2D eigenvalue weighted by atomic mass is 10.1. The van der Waals surface area contributed by atoms with Crippen molar-refractivity contribution in [3.63, 3.8) is 0 Å². The first-order chi connectivity index (χ1) is 11.2. The summed E-state index contributed by atoms with van der Waals surface area (Å²) in [6.07, 6.45) is -4.23. The van der Waals surface area contributed by atoms with E-state index in [0.717, 1.165) is 0 Å². The molecule has 0 bridgehead atoms. The van der Waals surface area contributed by atoms with Gasteiger partial charge in [0.1, 0.15) is 18.3 Å². The Labute approximate surface area is 134 Å². The number of carbonyl (C=O) groups is 1. The molecule has 1 unspecified atom stereocenters. The Morgan fingerprint density at radius 3 is 2.79 bits per heavy atom. The van der Waals surface area contributed by atoms with Crippen LogP contribution in [0.2, 0.25) is 0 Å². The fraction of sp³-hybridized carbons (Fsp3) is 0.600. The number of amidine groups is 1. The molecule has 6 N–H and O–H groups in total. The van der Waals surface area contributed by atoms with Crippen LogP contribution in [0.25, 0.3) is 0 Å². The van der Waals surface area contributed by atoms with Crippen molar-refractivity contribution in [2.75, 3.05) is 6.61 Å². The fourth-order valence-electron chi connectivity index (χ4n) is 2.50. The molecule has 132 valence electrons. The van der Waals surface area contributed by atoms with Crippen LogP contribution < -0.4 is 5.32 Å². The number of hydrogen-bond donors (Lipinski definition) is 6. The number of nitrogens with zero attached hydrogens (tertiary/aromatic N) is 3. The molecule has 3 heterocycles. The van der Waals surface area contributed by atoms with Crippen molar-refractivity contribution >= 4 is 31.9 Å². The lowest BCUT2D eigenvalue weighted by molar-refractivity contribution is -0.119. The lowest BCUT2D eigenvalue weighted by Crippen LogP contribution is -2.53. The van der Waals surface area contributed by atoms with Crippen LogP contribution in [0, 0.1) is 5.41 Å². The summed E-state index contributed by atoms with van der Waals surface area (Å²) in [4.78, 5) is 38.0. The van der Waals surface area contributed by atoms with E-state index in [1.807, 2.05) is 0 Å². The summed E-state index contributed by atoms with van der Waals surface area (Å²) in [5.41, 5.74) is 0. The minimum Gasteiger partial charge on any atom is -0.387 e. The van der Waals surface area contributed by atoms with Crippen LogP contribution in [0.15, 0.2) is 9.98 Å². The lowest BCUT2D eigenvalue weighted by Gasteiger charge is -2.28. The molecule has 3 rings (SSSR count). The van der Waals surface area contributed by atoms with Gasteiger partial charge < -0.3 is 24.7 Å². The second-order valence-electron chi connectivity index (χ2n) is 5.21. The summed E-state index contributed by atoms with van der Waals surface area (Å²) in [5, 5.41) is 29.7. The number of ether oxygens (including phenoxy) is 1. The molecule has 0 aromatic rings. The molecule has 0 saturated carbocycles. The van der Waals surface area contributed by atoms with Crippen molar-refractivity contribution in [1.29, 1.82) is 5.41 Å². The van der Waals surface area contributed by atoms with Gasteiger partial charge in [-0.1, -0.05) is 0 Å².